The Morgan fingerprint density at radius 3 is 3.18 bits per heavy atom. The van der Waals surface area contributed by atoms with Crippen LogP contribution in [0.5, 0.6) is 0 Å². The molecule has 1 aliphatic heterocycles. The highest BCUT2D eigenvalue weighted by Gasteiger charge is 2.27. The summed E-state index contributed by atoms with van der Waals surface area (Å²) in [5.74, 6) is -0.703. The van der Waals surface area contributed by atoms with Gasteiger partial charge in [-0.05, 0) is 32.4 Å². The van der Waals surface area contributed by atoms with E-state index in [0.29, 0.717) is 0 Å². The molecule has 17 heavy (non-hydrogen) atoms. The monoisotopic (exact) mass is 237 g/mol. The van der Waals surface area contributed by atoms with Crippen LogP contribution in [0.2, 0.25) is 0 Å². The smallest absolute Gasteiger partial charge is 0.304 e. The zero-order valence-corrected chi connectivity index (χ0v) is 10.2. The molecule has 1 N–H and O–H groups in total. The van der Waals surface area contributed by atoms with Gasteiger partial charge in [-0.3, -0.25) is 14.4 Å². The average molecular weight is 237 g/mol. The third kappa shape index (κ3) is 2.85. The van der Waals surface area contributed by atoms with Crippen LogP contribution in [0.3, 0.4) is 0 Å². The van der Waals surface area contributed by atoms with Crippen LogP contribution in [-0.4, -0.2) is 38.3 Å². The summed E-state index contributed by atoms with van der Waals surface area (Å²) in [6, 6.07) is 2.20. The Hall–Kier alpha value is -1.36. The maximum Gasteiger partial charge on any atom is 0.304 e. The van der Waals surface area contributed by atoms with Crippen LogP contribution in [0.4, 0.5) is 0 Å². The van der Waals surface area contributed by atoms with E-state index in [1.165, 1.54) is 5.69 Å². The second-order valence-electron chi connectivity index (χ2n) is 4.50. The van der Waals surface area contributed by atoms with Crippen LogP contribution in [0.1, 0.15) is 31.9 Å². The predicted octanol–water partition coefficient (Wildman–Crippen LogP) is 1.34. The molecule has 0 saturated carbocycles. The van der Waals surface area contributed by atoms with Crippen molar-refractivity contribution in [2.75, 3.05) is 6.54 Å². The topological polar surface area (TPSA) is 58.4 Å². The molecule has 1 unspecified atom stereocenters. The summed E-state index contributed by atoms with van der Waals surface area (Å²) in [7, 11) is 0. The third-order valence-corrected chi connectivity index (χ3v) is 3.38. The minimum atomic E-state index is -0.703. The molecule has 0 spiro atoms. The summed E-state index contributed by atoms with van der Waals surface area (Å²) in [5, 5.41) is 13.1. The molecule has 1 atom stereocenters. The van der Waals surface area contributed by atoms with E-state index < -0.39 is 5.97 Å². The van der Waals surface area contributed by atoms with Crippen molar-refractivity contribution in [3.63, 3.8) is 0 Å². The first-order valence-electron chi connectivity index (χ1n) is 6.17. The Labute approximate surface area is 101 Å². The van der Waals surface area contributed by atoms with Crippen LogP contribution in [-0.2, 0) is 17.9 Å². The van der Waals surface area contributed by atoms with Crippen molar-refractivity contribution >= 4 is 5.97 Å². The van der Waals surface area contributed by atoms with Gasteiger partial charge in [-0.15, -0.1) is 0 Å². The van der Waals surface area contributed by atoms with Crippen LogP contribution in [0.25, 0.3) is 0 Å². The number of carbonyl (C=O) groups is 1. The average Bonchev–Trinajstić information content (AvgIpc) is 2.88. The van der Waals surface area contributed by atoms with E-state index in [0.717, 1.165) is 32.5 Å². The van der Waals surface area contributed by atoms with E-state index in [4.69, 9.17) is 5.11 Å². The molecule has 0 aliphatic carbocycles. The van der Waals surface area contributed by atoms with Gasteiger partial charge in [0.1, 0.15) is 0 Å². The molecule has 5 heteroatoms. The van der Waals surface area contributed by atoms with Crippen LogP contribution >= 0.6 is 0 Å². The van der Waals surface area contributed by atoms with Crippen LogP contribution in [0, 0.1) is 0 Å². The van der Waals surface area contributed by atoms with Crippen molar-refractivity contribution in [2.24, 2.45) is 0 Å². The number of carboxylic acid groups (broad SMARTS) is 1. The van der Waals surface area contributed by atoms with E-state index in [1.54, 1.807) is 6.20 Å². The first-order chi connectivity index (χ1) is 8.20. The summed E-state index contributed by atoms with van der Waals surface area (Å²) >= 11 is 0. The molecular weight excluding hydrogens is 218 g/mol. The van der Waals surface area contributed by atoms with Crippen molar-refractivity contribution < 1.29 is 9.90 Å². The highest BCUT2D eigenvalue weighted by Crippen LogP contribution is 2.22. The van der Waals surface area contributed by atoms with Gasteiger partial charge in [-0.2, -0.15) is 5.10 Å². The van der Waals surface area contributed by atoms with Gasteiger partial charge >= 0.3 is 5.97 Å². The van der Waals surface area contributed by atoms with Crippen LogP contribution in [0.15, 0.2) is 12.3 Å². The summed E-state index contributed by atoms with van der Waals surface area (Å²) < 4.78 is 1.97. The number of hydrogen-bond acceptors (Lipinski definition) is 3. The highest BCUT2D eigenvalue weighted by molar-refractivity contribution is 5.67. The molecule has 0 bridgehead atoms. The number of aromatic nitrogens is 2. The Kier molecular flexibility index (Phi) is 3.78. The van der Waals surface area contributed by atoms with Crippen molar-refractivity contribution in [1.29, 1.82) is 0 Å². The summed E-state index contributed by atoms with van der Waals surface area (Å²) in [5.41, 5.74) is 1.17. The quantitative estimate of drug-likeness (QED) is 0.839. The maximum absolute atomic E-state index is 10.8. The largest absolute Gasteiger partial charge is 0.481 e. The van der Waals surface area contributed by atoms with Gasteiger partial charge in [0, 0.05) is 25.3 Å². The second kappa shape index (κ2) is 5.31. The number of likely N-dealkylation sites (tertiary alicyclic amines) is 1. The van der Waals surface area contributed by atoms with Gasteiger partial charge in [0.25, 0.3) is 0 Å². The molecule has 5 nitrogen and oxygen atoms in total. The van der Waals surface area contributed by atoms with Crippen LogP contribution < -0.4 is 0 Å². The van der Waals surface area contributed by atoms with Crippen molar-refractivity contribution in [3.05, 3.63) is 18.0 Å². The lowest BCUT2D eigenvalue weighted by atomic mass is 10.1. The molecule has 1 aliphatic rings. The number of rotatable bonds is 5. The van der Waals surface area contributed by atoms with Crippen molar-refractivity contribution in [1.82, 2.24) is 14.7 Å². The highest BCUT2D eigenvalue weighted by atomic mass is 16.4. The predicted molar refractivity (Wildman–Crippen MR) is 63.6 cm³/mol. The maximum atomic E-state index is 10.8. The fourth-order valence-corrected chi connectivity index (χ4v) is 2.52. The zero-order chi connectivity index (χ0) is 12.3. The van der Waals surface area contributed by atoms with Gasteiger partial charge in [0.05, 0.1) is 12.1 Å². The third-order valence-electron chi connectivity index (χ3n) is 3.38. The number of aryl methyl sites for hydroxylation is 1. The fourth-order valence-electron chi connectivity index (χ4n) is 2.52. The minimum Gasteiger partial charge on any atom is -0.481 e. The van der Waals surface area contributed by atoms with Gasteiger partial charge in [-0.25, -0.2) is 0 Å². The fraction of sp³-hybridized carbons (Fsp3) is 0.667. The lowest BCUT2D eigenvalue weighted by molar-refractivity contribution is -0.138. The van der Waals surface area contributed by atoms with E-state index in [9.17, 15) is 4.79 Å². The molecular formula is C12H19N3O2. The normalized spacial score (nSPS) is 20.9. The Morgan fingerprint density at radius 1 is 1.65 bits per heavy atom. The molecule has 1 fully saturated rings. The van der Waals surface area contributed by atoms with Crippen molar-refractivity contribution in [3.8, 4) is 0 Å². The second-order valence-corrected chi connectivity index (χ2v) is 4.50. The van der Waals surface area contributed by atoms with E-state index in [-0.39, 0.29) is 12.5 Å². The molecule has 2 rings (SSSR count). The van der Waals surface area contributed by atoms with E-state index in [2.05, 4.69) is 16.9 Å². The van der Waals surface area contributed by atoms with E-state index >= 15 is 0 Å². The molecule has 1 aromatic heterocycles. The summed E-state index contributed by atoms with van der Waals surface area (Å²) in [6.45, 7) is 4.73. The minimum absolute atomic E-state index is 0.188. The number of aliphatic carboxylic acids is 1. The standard InChI is InChI=1S/C12H19N3O2/c1-2-15-11(5-6-13-15)9-14-7-3-4-10(14)8-12(16)17/h5-6,10H,2-4,7-9H2,1H3,(H,16,17). The number of hydrogen-bond donors (Lipinski definition) is 1. The van der Waals surface area contributed by atoms with Gasteiger partial charge in [-0.1, -0.05) is 0 Å². The van der Waals surface area contributed by atoms with Gasteiger partial charge in [0.15, 0.2) is 0 Å². The SMILES string of the molecule is CCn1nccc1CN1CCCC1CC(=O)O. The number of carboxylic acids is 1. The lowest BCUT2D eigenvalue weighted by Gasteiger charge is -2.23. The van der Waals surface area contributed by atoms with Gasteiger partial charge in [0.2, 0.25) is 0 Å². The zero-order valence-electron chi connectivity index (χ0n) is 10.2. The Bertz CT molecular complexity index is 389. The molecule has 0 radical (unpaired) electrons. The molecule has 2 heterocycles. The molecule has 1 saturated heterocycles. The number of nitrogens with zero attached hydrogens (tertiary/aromatic N) is 3. The first-order valence-corrected chi connectivity index (χ1v) is 6.17. The Balaban J connectivity index is 2.00. The van der Waals surface area contributed by atoms with E-state index in [1.807, 2.05) is 10.7 Å². The van der Waals surface area contributed by atoms with Gasteiger partial charge < -0.3 is 5.11 Å². The lowest BCUT2D eigenvalue weighted by Crippen LogP contribution is -2.31. The summed E-state index contributed by atoms with van der Waals surface area (Å²) in [6.07, 6.45) is 4.14. The Morgan fingerprint density at radius 2 is 2.47 bits per heavy atom. The summed E-state index contributed by atoms with van der Waals surface area (Å²) in [4.78, 5) is 13.0. The molecule has 0 aromatic carbocycles. The molecule has 0 amide bonds. The molecule has 94 valence electrons. The molecule has 1 aromatic rings. The van der Waals surface area contributed by atoms with Crippen molar-refractivity contribution in [2.45, 2.75) is 45.3 Å². The first kappa shape index (κ1) is 12.1.